The molecule has 0 radical (unpaired) electrons. The molecule has 0 aromatic heterocycles. The maximum Gasteiger partial charge on any atom is 0.338 e. The second-order valence-electron chi connectivity index (χ2n) is 5.63. The van der Waals surface area contributed by atoms with E-state index in [1.165, 1.54) is 51.4 Å². The molecule has 4 nitrogen and oxygen atoms in total. The van der Waals surface area contributed by atoms with Gasteiger partial charge in [-0.3, -0.25) is 0 Å². The van der Waals surface area contributed by atoms with Crippen LogP contribution in [0.3, 0.4) is 0 Å². The molecule has 114 valence electrons. The molecule has 0 fully saturated rings. The molecule has 0 aromatic rings. The van der Waals surface area contributed by atoms with Crippen molar-refractivity contribution in [3.8, 4) is 0 Å². The molecule has 0 aliphatic carbocycles. The molecule has 0 aliphatic heterocycles. The number of carboxylic acids is 1. The smallest absolute Gasteiger partial charge is 0.338 e. The van der Waals surface area contributed by atoms with Crippen LogP contribution in [-0.4, -0.2) is 16.7 Å². The Hall–Kier alpha value is -0.610. The number of carbonyl (C=O) groups is 1. The topological polar surface area (TPSA) is 89.3 Å². The summed E-state index contributed by atoms with van der Waals surface area (Å²) >= 11 is 0. The minimum atomic E-state index is -1.54. The Kier molecular flexibility index (Phi) is 10.9. The summed E-state index contributed by atoms with van der Waals surface area (Å²) in [7, 11) is 0. The first-order valence-electron chi connectivity index (χ1n) is 7.82. The van der Waals surface area contributed by atoms with Crippen LogP contribution >= 0.6 is 0 Å². The van der Waals surface area contributed by atoms with E-state index in [1.807, 2.05) is 0 Å². The third-order valence-corrected chi connectivity index (χ3v) is 3.59. The zero-order valence-electron chi connectivity index (χ0n) is 12.5. The van der Waals surface area contributed by atoms with Gasteiger partial charge in [-0.1, -0.05) is 71.1 Å². The van der Waals surface area contributed by atoms with Gasteiger partial charge in [0.1, 0.15) is 0 Å². The molecule has 5 N–H and O–H groups in total. The van der Waals surface area contributed by atoms with Gasteiger partial charge in [-0.25, -0.2) is 4.79 Å². The molecule has 0 spiro atoms. The third kappa shape index (κ3) is 11.0. The molecule has 4 heteroatoms. The third-order valence-electron chi connectivity index (χ3n) is 3.59. The van der Waals surface area contributed by atoms with Crippen LogP contribution in [0.25, 0.3) is 0 Å². The number of hydrogen-bond donors (Lipinski definition) is 3. The fraction of sp³-hybridized carbons (Fsp3) is 0.933. The number of carboxylic acid groups (broad SMARTS) is 1. The van der Waals surface area contributed by atoms with Gasteiger partial charge in [-0.2, -0.15) is 0 Å². The zero-order valence-corrected chi connectivity index (χ0v) is 12.5. The van der Waals surface area contributed by atoms with Crippen molar-refractivity contribution in [3.05, 3.63) is 0 Å². The first-order valence-corrected chi connectivity index (χ1v) is 7.82. The quantitative estimate of drug-likeness (QED) is 0.354. The van der Waals surface area contributed by atoms with E-state index in [1.54, 1.807) is 0 Å². The predicted octanol–water partition coefficient (Wildman–Crippen LogP) is 3.39. The molecular formula is C15H32N2O2. The molecule has 0 unspecified atom stereocenters. The van der Waals surface area contributed by atoms with Crippen LogP contribution in [-0.2, 0) is 4.79 Å². The molecule has 0 rings (SSSR count). The van der Waals surface area contributed by atoms with Crippen LogP contribution in [0.1, 0.15) is 84.0 Å². The Morgan fingerprint density at radius 3 is 1.58 bits per heavy atom. The summed E-state index contributed by atoms with van der Waals surface area (Å²) in [4.78, 5) is 10.7. The van der Waals surface area contributed by atoms with E-state index >= 15 is 0 Å². The van der Waals surface area contributed by atoms with Gasteiger partial charge in [-0.15, -0.1) is 0 Å². The molecule has 19 heavy (non-hydrogen) atoms. The van der Waals surface area contributed by atoms with Crippen LogP contribution in [0.5, 0.6) is 0 Å². The molecule has 0 aromatic carbocycles. The van der Waals surface area contributed by atoms with Gasteiger partial charge in [0.05, 0.1) is 0 Å². The van der Waals surface area contributed by atoms with Gasteiger partial charge in [0, 0.05) is 0 Å². The number of nitrogens with two attached hydrogens (primary N) is 2. The lowest BCUT2D eigenvalue weighted by molar-refractivity contribution is -0.143. The summed E-state index contributed by atoms with van der Waals surface area (Å²) < 4.78 is 0. The number of hydrogen-bond acceptors (Lipinski definition) is 3. The van der Waals surface area contributed by atoms with Crippen molar-refractivity contribution >= 4 is 5.97 Å². The zero-order chi connectivity index (χ0) is 14.6. The van der Waals surface area contributed by atoms with Crippen molar-refractivity contribution in [2.24, 2.45) is 11.5 Å². The van der Waals surface area contributed by atoms with Gasteiger partial charge < -0.3 is 16.6 Å². The lowest BCUT2D eigenvalue weighted by Crippen LogP contribution is -2.56. The van der Waals surface area contributed by atoms with Crippen LogP contribution in [0.2, 0.25) is 0 Å². The van der Waals surface area contributed by atoms with E-state index in [-0.39, 0.29) is 0 Å². The fourth-order valence-electron chi connectivity index (χ4n) is 2.19. The monoisotopic (exact) mass is 272 g/mol. The lowest BCUT2D eigenvalue weighted by atomic mass is 10.0. The minimum Gasteiger partial charge on any atom is -0.479 e. The highest BCUT2D eigenvalue weighted by Crippen LogP contribution is 2.13. The maximum atomic E-state index is 10.7. The summed E-state index contributed by atoms with van der Waals surface area (Å²) in [5.41, 5.74) is 9.37. The van der Waals surface area contributed by atoms with Gasteiger partial charge in [0.2, 0.25) is 0 Å². The predicted molar refractivity (Wildman–Crippen MR) is 79.8 cm³/mol. The highest BCUT2D eigenvalue weighted by molar-refractivity contribution is 5.77. The maximum absolute atomic E-state index is 10.7. The minimum absolute atomic E-state index is 0.360. The molecule has 0 aliphatic rings. The van der Waals surface area contributed by atoms with Crippen molar-refractivity contribution in [1.82, 2.24) is 0 Å². The van der Waals surface area contributed by atoms with Crippen LogP contribution < -0.4 is 11.5 Å². The summed E-state index contributed by atoms with van der Waals surface area (Å²) in [6.07, 6.45) is 14.0. The van der Waals surface area contributed by atoms with Gasteiger partial charge in [0.15, 0.2) is 5.66 Å². The van der Waals surface area contributed by atoms with E-state index < -0.39 is 11.6 Å². The average Bonchev–Trinajstić information content (AvgIpc) is 2.35. The van der Waals surface area contributed by atoms with Crippen molar-refractivity contribution in [2.75, 3.05) is 0 Å². The Bertz CT molecular complexity index is 230. The van der Waals surface area contributed by atoms with Crippen LogP contribution in [0.15, 0.2) is 0 Å². The Morgan fingerprint density at radius 2 is 1.21 bits per heavy atom. The van der Waals surface area contributed by atoms with E-state index in [4.69, 9.17) is 16.6 Å². The van der Waals surface area contributed by atoms with Crippen molar-refractivity contribution in [2.45, 2.75) is 89.6 Å². The Balaban J connectivity index is 3.21. The highest BCUT2D eigenvalue weighted by Gasteiger charge is 2.27. The molecule has 0 saturated heterocycles. The van der Waals surface area contributed by atoms with E-state index in [9.17, 15) is 4.79 Å². The van der Waals surface area contributed by atoms with Crippen LogP contribution in [0.4, 0.5) is 0 Å². The van der Waals surface area contributed by atoms with E-state index in [0.29, 0.717) is 6.42 Å². The summed E-state index contributed by atoms with van der Waals surface area (Å²) in [5.74, 6) is -1.11. The van der Waals surface area contributed by atoms with Gasteiger partial charge >= 0.3 is 5.97 Å². The first kappa shape index (κ1) is 18.4. The van der Waals surface area contributed by atoms with E-state index in [0.717, 1.165) is 19.3 Å². The van der Waals surface area contributed by atoms with Crippen molar-refractivity contribution < 1.29 is 9.90 Å². The highest BCUT2D eigenvalue weighted by atomic mass is 16.4. The fourth-order valence-corrected chi connectivity index (χ4v) is 2.19. The normalized spacial score (nSPS) is 11.7. The largest absolute Gasteiger partial charge is 0.479 e. The van der Waals surface area contributed by atoms with Crippen LogP contribution in [0, 0.1) is 0 Å². The SMILES string of the molecule is CCCCCCCCCCCCCC(N)(N)C(=O)O. The number of aliphatic carboxylic acids is 1. The van der Waals surface area contributed by atoms with Gasteiger partial charge in [0.25, 0.3) is 0 Å². The van der Waals surface area contributed by atoms with Crippen molar-refractivity contribution in [1.29, 1.82) is 0 Å². The number of unbranched alkanes of at least 4 members (excludes halogenated alkanes) is 10. The molecule has 0 amide bonds. The second-order valence-corrected chi connectivity index (χ2v) is 5.63. The Labute approximate surface area is 117 Å². The molecule has 0 saturated carbocycles. The van der Waals surface area contributed by atoms with Gasteiger partial charge in [-0.05, 0) is 12.8 Å². The summed E-state index contributed by atoms with van der Waals surface area (Å²) in [6, 6.07) is 0. The first-order chi connectivity index (χ1) is 9.00. The lowest BCUT2D eigenvalue weighted by Gasteiger charge is -2.18. The molecule has 0 heterocycles. The standard InChI is InChI=1S/C15H32N2O2/c1-2-3-4-5-6-7-8-9-10-11-12-13-15(16,17)14(18)19/h2-13,16-17H2,1H3,(H,18,19). The summed E-state index contributed by atoms with van der Waals surface area (Å²) in [6.45, 7) is 2.24. The molecular weight excluding hydrogens is 240 g/mol. The second kappa shape index (κ2) is 11.2. The Morgan fingerprint density at radius 1 is 0.842 bits per heavy atom. The number of rotatable bonds is 13. The average molecular weight is 272 g/mol. The molecule has 0 bridgehead atoms. The van der Waals surface area contributed by atoms with E-state index in [2.05, 4.69) is 6.92 Å². The molecule has 0 atom stereocenters. The van der Waals surface area contributed by atoms with Crippen molar-refractivity contribution in [3.63, 3.8) is 0 Å². The summed E-state index contributed by atoms with van der Waals surface area (Å²) in [5, 5.41) is 8.75.